The van der Waals surface area contributed by atoms with Crippen molar-refractivity contribution >= 4 is 21.7 Å². The normalized spacial score (nSPS) is 25.7. The minimum absolute atomic E-state index is 0.309. The molecule has 7 nitrogen and oxygen atoms in total. The maximum Gasteiger partial charge on any atom is 0.326 e. The number of carboxylic acid groups (broad SMARTS) is 1. The van der Waals surface area contributed by atoms with Crippen LogP contribution in [0.1, 0.15) is 39.0 Å². The summed E-state index contributed by atoms with van der Waals surface area (Å²) in [5.41, 5.74) is 0. The molecule has 2 saturated heterocycles. The number of nitrogens with zero attached hydrogens (tertiary/aromatic N) is 1. The second-order valence-corrected chi connectivity index (χ2v) is 8.48. The first-order chi connectivity index (χ1) is 10.4. The summed E-state index contributed by atoms with van der Waals surface area (Å²) in [6.07, 6.45) is 2.61. The Kier molecular flexibility index (Phi) is 5.44. The van der Waals surface area contributed by atoms with Crippen LogP contribution in [0.15, 0.2) is 0 Å². The zero-order valence-electron chi connectivity index (χ0n) is 12.7. The van der Waals surface area contributed by atoms with E-state index >= 15 is 0 Å². The summed E-state index contributed by atoms with van der Waals surface area (Å²) in [6, 6.07) is -0.909. The first kappa shape index (κ1) is 17.2. The molecule has 8 heteroatoms. The van der Waals surface area contributed by atoms with Gasteiger partial charge in [-0.1, -0.05) is 0 Å². The average molecular weight is 333 g/mol. The highest BCUT2D eigenvalue weighted by Gasteiger charge is 2.41. The van der Waals surface area contributed by atoms with Gasteiger partial charge in [0, 0.05) is 19.8 Å². The number of likely N-dealkylation sites (tertiary alicyclic amines) is 1. The number of hydrogen-bond donors (Lipinski definition) is 1. The molecule has 0 aromatic carbocycles. The Hall–Kier alpha value is -1.15. The molecule has 0 radical (unpaired) electrons. The van der Waals surface area contributed by atoms with Crippen LogP contribution in [0, 0.1) is 0 Å². The lowest BCUT2D eigenvalue weighted by Gasteiger charge is -2.35. The van der Waals surface area contributed by atoms with Crippen molar-refractivity contribution in [2.75, 3.05) is 19.8 Å². The maximum atomic E-state index is 12.6. The average Bonchev–Trinajstić information content (AvgIpc) is 2.54. The van der Waals surface area contributed by atoms with Gasteiger partial charge in [-0.2, -0.15) is 0 Å². The molecule has 0 saturated carbocycles. The maximum absolute atomic E-state index is 12.6. The minimum atomic E-state index is -3.62. The Balaban J connectivity index is 2.14. The fourth-order valence-electron chi connectivity index (χ4n) is 3.12. The number of piperidine rings is 1. The van der Waals surface area contributed by atoms with Gasteiger partial charge in [0.25, 0.3) is 0 Å². The number of ether oxygens (including phenoxy) is 1. The number of aliphatic carboxylic acids is 1. The Bertz CT molecular complexity index is 525. The lowest BCUT2D eigenvalue weighted by molar-refractivity contribution is -0.151. The van der Waals surface area contributed by atoms with E-state index < -0.39 is 38.3 Å². The van der Waals surface area contributed by atoms with Crippen LogP contribution in [0.2, 0.25) is 0 Å². The van der Waals surface area contributed by atoms with Gasteiger partial charge in [-0.25, -0.2) is 13.2 Å². The Labute approximate surface area is 130 Å². The van der Waals surface area contributed by atoms with E-state index in [0.717, 1.165) is 6.42 Å². The molecule has 2 heterocycles. The molecule has 1 N–H and O–H groups in total. The van der Waals surface area contributed by atoms with E-state index in [2.05, 4.69) is 0 Å². The smallest absolute Gasteiger partial charge is 0.326 e. The molecule has 126 valence electrons. The zero-order chi connectivity index (χ0) is 16.3. The van der Waals surface area contributed by atoms with Crippen LogP contribution in [-0.2, 0) is 24.2 Å². The molecular formula is C14H23NO6S. The van der Waals surface area contributed by atoms with Gasteiger partial charge in [0.15, 0.2) is 9.84 Å². The van der Waals surface area contributed by atoms with Crippen molar-refractivity contribution in [3.8, 4) is 0 Å². The number of carbonyl (C=O) groups excluding carboxylic acids is 1. The van der Waals surface area contributed by atoms with Gasteiger partial charge in [-0.05, 0) is 39.0 Å². The highest BCUT2D eigenvalue weighted by Crippen LogP contribution is 2.24. The fraction of sp³-hybridized carbons (Fsp3) is 0.857. The highest BCUT2D eigenvalue weighted by atomic mass is 32.2. The summed E-state index contributed by atoms with van der Waals surface area (Å²) in [5, 5.41) is 7.46. The summed E-state index contributed by atoms with van der Waals surface area (Å²) in [6.45, 7) is 2.45. The van der Waals surface area contributed by atoms with Crippen LogP contribution >= 0.6 is 0 Å². The fourth-order valence-corrected chi connectivity index (χ4v) is 4.96. The quantitative estimate of drug-likeness (QED) is 0.801. The number of carbonyl (C=O) groups is 2. The van der Waals surface area contributed by atoms with E-state index in [1.54, 1.807) is 0 Å². The zero-order valence-corrected chi connectivity index (χ0v) is 13.5. The van der Waals surface area contributed by atoms with E-state index in [0.29, 0.717) is 45.4 Å². The van der Waals surface area contributed by atoms with Crippen molar-refractivity contribution in [2.24, 2.45) is 0 Å². The van der Waals surface area contributed by atoms with Crippen molar-refractivity contribution in [1.82, 2.24) is 4.90 Å². The number of sulfone groups is 1. The Morgan fingerprint density at radius 1 is 1.18 bits per heavy atom. The molecule has 2 rings (SSSR count). The van der Waals surface area contributed by atoms with Gasteiger partial charge in [0.2, 0.25) is 5.91 Å². The van der Waals surface area contributed by atoms with Gasteiger partial charge in [0.05, 0.1) is 5.25 Å². The molecule has 2 aliphatic rings. The van der Waals surface area contributed by atoms with Crippen molar-refractivity contribution in [2.45, 2.75) is 55.6 Å². The highest BCUT2D eigenvalue weighted by molar-refractivity contribution is 7.93. The number of carboxylic acids is 1. The van der Waals surface area contributed by atoms with Crippen molar-refractivity contribution < 1.29 is 27.9 Å². The third-order valence-corrected chi connectivity index (χ3v) is 7.13. The van der Waals surface area contributed by atoms with Gasteiger partial charge in [-0.15, -0.1) is 0 Å². The van der Waals surface area contributed by atoms with Crippen LogP contribution in [-0.4, -0.2) is 66.6 Å². The van der Waals surface area contributed by atoms with Gasteiger partial charge in [0.1, 0.15) is 11.3 Å². The summed E-state index contributed by atoms with van der Waals surface area (Å²) in [7, 11) is -3.62. The monoisotopic (exact) mass is 333 g/mol. The topological polar surface area (TPSA) is 101 Å². The molecular weight excluding hydrogens is 310 g/mol. The van der Waals surface area contributed by atoms with E-state index in [9.17, 15) is 23.1 Å². The van der Waals surface area contributed by atoms with Gasteiger partial charge in [-0.3, -0.25) is 4.79 Å². The molecule has 0 aromatic heterocycles. The second-order valence-electron chi connectivity index (χ2n) is 5.92. The van der Waals surface area contributed by atoms with Crippen molar-refractivity contribution in [1.29, 1.82) is 0 Å². The van der Waals surface area contributed by atoms with Crippen LogP contribution < -0.4 is 0 Å². The molecule has 2 fully saturated rings. The van der Waals surface area contributed by atoms with Crippen LogP contribution in [0.4, 0.5) is 0 Å². The van der Waals surface area contributed by atoms with Crippen LogP contribution in [0.3, 0.4) is 0 Å². The minimum Gasteiger partial charge on any atom is -0.480 e. The lowest BCUT2D eigenvalue weighted by Crippen LogP contribution is -2.53. The summed E-state index contributed by atoms with van der Waals surface area (Å²) < 4.78 is 30.4. The summed E-state index contributed by atoms with van der Waals surface area (Å²) in [4.78, 5) is 25.1. The third-order valence-electron chi connectivity index (χ3n) is 4.54. The molecule has 0 aliphatic carbocycles. The molecule has 0 bridgehead atoms. The lowest BCUT2D eigenvalue weighted by atomic mass is 10.0. The van der Waals surface area contributed by atoms with E-state index in [4.69, 9.17) is 4.74 Å². The predicted molar refractivity (Wildman–Crippen MR) is 79.2 cm³/mol. The third kappa shape index (κ3) is 3.43. The van der Waals surface area contributed by atoms with Gasteiger partial charge >= 0.3 is 5.97 Å². The first-order valence-corrected chi connectivity index (χ1v) is 9.30. The molecule has 2 atom stereocenters. The van der Waals surface area contributed by atoms with E-state index in [1.807, 2.05) is 0 Å². The predicted octanol–water partition coefficient (Wildman–Crippen LogP) is 0.434. The molecule has 22 heavy (non-hydrogen) atoms. The largest absolute Gasteiger partial charge is 0.480 e. The molecule has 2 unspecified atom stereocenters. The molecule has 2 aliphatic heterocycles. The molecule has 0 spiro atoms. The first-order valence-electron chi connectivity index (χ1n) is 7.69. The second kappa shape index (κ2) is 6.95. The SMILES string of the molecule is CC(C(=O)N1CCCCC1C(=O)O)S(=O)(=O)C1CCOCC1. The van der Waals surface area contributed by atoms with Gasteiger partial charge < -0.3 is 14.7 Å². The van der Waals surface area contributed by atoms with Crippen LogP contribution in [0.5, 0.6) is 0 Å². The Morgan fingerprint density at radius 2 is 1.82 bits per heavy atom. The number of amides is 1. The summed E-state index contributed by atoms with van der Waals surface area (Å²) in [5.74, 6) is -1.65. The molecule has 1 amide bonds. The Morgan fingerprint density at radius 3 is 2.41 bits per heavy atom. The van der Waals surface area contributed by atoms with Crippen molar-refractivity contribution in [3.05, 3.63) is 0 Å². The van der Waals surface area contributed by atoms with E-state index in [1.165, 1.54) is 11.8 Å². The standard InChI is InChI=1S/C14H23NO6S/c1-10(22(19,20)11-5-8-21-9-6-11)13(16)15-7-3-2-4-12(15)14(17)18/h10-12H,2-9H2,1H3,(H,17,18). The summed E-state index contributed by atoms with van der Waals surface area (Å²) >= 11 is 0. The number of rotatable bonds is 4. The number of hydrogen-bond acceptors (Lipinski definition) is 5. The van der Waals surface area contributed by atoms with E-state index in [-0.39, 0.29) is 0 Å². The molecule has 0 aromatic rings. The van der Waals surface area contributed by atoms with Crippen molar-refractivity contribution in [3.63, 3.8) is 0 Å². The van der Waals surface area contributed by atoms with Crippen LogP contribution in [0.25, 0.3) is 0 Å².